The van der Waals surface area contributed by atoms with Gasteiger partial charge in [0.15, 0.2) is 0 Å². The summed E-state index contributed by atoms with van der Waals surface area (Å²) in [5, 5.41) is 27.4. The van der Waals surface area contributed by atoms with E-state index in [1.807, 2.05) is 6.92 Å². The maximum absolute atomic E-state index is 12.1. The van der Waals surface area contributed by atoms with Crippen molar-refractivity contribution in [2.75, 3.05) is 6.61 Å². The summed E-state index contributed by atoms with van der Waals surface area (Å²) in [4.78, 5) is 45.9. The minimum Gasteiger partial charge on any atom is -0.478 e. The molecule has 0 aliphatic rings. The summed E-state index contributed by atoms with van der Waals surface area (Å²) in [5.74, 6) is -6.19. The van der Waals surface area contributed by atoms with Crippen molar-refractivity contribution < 1.29 is 39.2 Å². The normalized spacial score (nSPS) is 10.3. The number of aromatic nitrogens is 1. The molecule has 0 aromatic carbocycles. The molecule has 0 radical (unpaired) electrons. The van der Waals surface area contributed by atoms with Gasteiger partial charge >= 0.3 is 23.9 Å². The number of nitrogens with zero attached hydrogens (tertiary/aromatic N) is 1. The Morgan fingerprint density at radius 2 is 1.43 bits per heavy atom. The zero-order chi connectivity index (χ0) is 17.7. The molecule has 0 atom stereocenters. The van der Waals surface area contributed by atoms with Crippen LogP contribution in [0.4, 0.5) is 0 Å². The van der Waals surface area contributed by atoms with E-state index in [9.17, 15) is 24.3 Å². The molecular formula is C14H17NO8. The Morgan fingerprint density at radius 1 is 0.913 bits per heavy atom. The highest BCUT2D eigenvalue weighted by Crippen LogP contribution is 2.24. The minimum atomic E-state index is -1.75. The molecular weight excluding hydrogens is 310 g/mol. The number of hydrogen-bond donors (Lipinski definition) is 3. The van der Waals surface area contributed by atoms with Crippen LogP contribution in [0.25, 0.3) is 0 Å². The molecule has 3 N–H and O–H groups in total. The molecule has 23 heavy (non-hydrogen) atoms. The predicted octanol–water partition coefficient (Wildman–Crippen LogP) is 1.47. The zero-order valence-electron chi connectivity index (χ0n) is 12.7. The highest BCUT2D eigenvalue weighted by atomic mass is 16.5. The van der Waals surface area contributed by atoms with E-state index in [4.69, 9.17) is 14.9 Å². The van der Waals surface area contributed by atoms with E-state index in [-0.39, 0.29) is 6.61 Å². The summed E-state index contributed by atoms with van der Waals surface area (Å²) >= 11 is 0. The molecule has 1 aromatic heterocycles. The molecule has 0 aliphatic carbocycles. The molecule has 0 saturated heterocycles. The van der Waals surface area contributed by atoms with Gasteiger partial charge in [0.2, 0.25) is 0 Å². The fraction of sp³-hybridized carbons (Fsp3) is 0.429. The quantitative estimate of drug-likeness (QED) is 0.481. The number of carbonyl (C=O) groups is 4. The van der Waals surface area contributed by atoms with Gasteiger partial charge in [0.25, 0.3) is 0 Å². The Hall–Kier alpha value is -2.84. The Balaban J connectivity index is 3.38. The lowest BCUT2D eigenvalue weighted by Gasteiger charge is -2.07. The summed E-state index contributed by atoms with van der Waals surface area (Å²) in [6, 6.07) is 0. The summed E-state index contributed by atoms with van der Waals surface area (Å²) in [6.07, 6.45) is 2.24. The number of aromatic carboxylic acids is 3. The van der Waals surface area contributed by atoms with E-state index in [1.165, 1.54) is 0 Å². The van der Waals surface area contributed by atoms with Gasteiger partial charge in [-0.3, -0.25) is 0 Å². The molecule has 9 nitrogen and oxygen atoms in total. The summed E-state index contributed by atoms with van der Waals surface area (Å²) in [6.45, 7) is 1.97. The molecule has 1 heterocycles. The van der Waals surface area contributed by atoms with Crippen LogP contribution in [0.1, 0.15) is 67.9 Å². The van der Waals surface area contributed by atoms with Gasteiger partial charge in [0.1, 0.15) is 22.5 Å². The van der Waals surface area contributed by atoms with Crippen LogP contribution in [0, 0.1) is 0 Å². The van der Waals surface area contributed by atoms with Gasteiger partial charge < -0.3 is 24.6 Å². The number of unbranched alkanes of at least 4 members (excludes halogenated alkanes) is 2. The molecule has 1 aromatic rings. The Bertz CT molecular complexity index is 658. The molecule has 0 bridgehead atoms. The van der Waals surface area contributed by atoms with E-state index < -0.39 is 46.4 Å². The molecule has 0 aliphatic heterocycles. The van der Waals surface area contributed by atoms with Gasteiger partial charge in [-0.1, -0.05) is 19.8 Å². The average molecular weight is 327 g/mol. The van der Waals surface area contributed by atoms with Crippen molar-refractivity contribution in [3.05, 3.63) is 22.5 Å². The van der Waals surface area contributed by atoms with Gasteiger partial charge in [0.05, 0.1) is 6.61 Å². The molecule has 126 valence electrons. The number of rotatable bonds is 8. The second-order valence-corrected chi connectivity index (χ2v) is 4.76. The lowest BCUT2D eigenvalue weighted by atomic mass is 10.1. The lowest BCUT2D eigenvalue weighted by molar-refractivity contribution is 0.0476. The molecule has 0 amide bonds. The number of carbonyl (C=O) groups excluding carboxylic acids is 1. The molecule has 1 rings (SSSR count). The van der Waals surface area contributed by atoms with Crippen LogP contribution < -0.4 is 0 Å². The van der Waals surface area contributed by atoms with Crippen LogP contribution in [0.2, 0.25) is 0 Å². The van der Waals surface area contributed by atoms with Crippen molar-refractivity contribution in [2.45, 2.75) is 26.2 Å². The first-order valence-electron chi connectivity index (χ1n) is 6.83. The molecule has 0 unspecified atom stereocenters. The van der Waals surface area contributed by atoms with Crippen LogP contribution in [-0.4, -0.2) is 50.4 Å². The van der Waals surface area contributed by atoms with Crippen LogP contribution >= 0.6 is 0 Å². The van der Waals surface area contributed by atoms with Crippen molar-refractivity contribution in [1.82, 2.24) is 4.57 Å². The fourth-order valence-corrected chi connectivity index (χ4v) is 2.18. The largest absolute Gasteiger partial charge is 0.478 e. The van der Waals surface area contributed by atoms with Crippen LogP contribution in [-0.2, 0) is 11.8 Å². The fourth-order valence-electron chi connectivity index (χ4n) is 2.18. The lowest BCUT2D eigenvalue weighted by Crippen LogP contribution is -2.16. The molecule has 0 saturated carbocycles. The second kappa shape index (κ2) is 7.43. The van der Waals surface area contributed by atoms with Gasteiger partial charge in [-0.2, -0.15) is 0 Å². The van der Waals surface area contributed by atoms with Gasteiger partial charge in [-0.15, -0.1) is 0 Å². The first kappa shape index (κ1) is 18.2. The van der Waals surface area contributed by atoms with Crippen molar-refractivity contribution >= 4 is 23.9 Å². The van der Waals surface area contributed by atoms with Crippen molar-refractivity contribution in [3.8, 4) is 0 Å². The SMILES string of the molecule is CCCCCOC(=O)c1c(C(=O)O)c(C(=O)O)c(C(=O)O)n1C. The number of carboxylic acid groups (broad SMARTS) is 3. The second-order valence-electron chi connectivity index (χ2n) is 4.76. The van der Waals surface area contributed by atoms with Gasteiger partial charge in [-0.05, 0) is 6.42 Å². The standard InChI is InChI=1S/C14H17NO8/c1-3-4-5-6-23-14(22)10-8(12(18)19)7(11(16)17)9(13(20)21)15(10)2/h3-6H2,1-2H3,(H,16,17)(H,18,19)(H,20,21). The Kier molecular flexibility index (Phi) is 5.88. The third kappa shape index (κ3) is 3.68. The van der Waals surface area contributed by atoms with E-state index >= 15 is 0 Å². The number of hydrogen-bond acceptors (Lipinski definition) is 5. The highest BCUT2D eigenvalue weighted by Gasteiger charge is 2.36. The third-order valence-electron chi connectivity index (χ3n) is 3.20. The average Bonchev–Trinajstić information content (AvgIpc) is 2.77. The van der Waals surface area contributed by atoms with Gasteiger partial charge in [-0.25, -0.2) is 19.2 Å². The van der Waals surface area contributed by atoms with Crippen molar-refractivity contribution in [1.29, 1.82) is 0 Å². The topological polar surface area (TPSA) is 143 Å². The van der Waals surface area contributed by atoms with Crippen molar-refractivity contribution in [3.63, 3.8) is 0 Å². The summed E-state index contributed by atoms with van der Waals surface area (Å²) in [7, 11) is 1.10. The minimum absolute atomic E-state index is 0.0295. The number of carboxylic acids is 3. The summed E-state index contributed by atoms with van der Waals surface area (Å²) < 4.78 is 5.64. The van der Waals surface area contributed by atoms with Crippen LogP contribution in [0.15, 0.2) is 0 Å². The zero-order valence-corrected chi connectivity index (χ0v) is 12.7. The molecule has 9 heteroatoms. The van der Waals surface area contributed by atoms with Crippen molar-refractivity contribution in [2.24, 2.45) is 7.05 Å². The molecule has 0 fully saturated rings. The maximum atomic E-state index is 12.1. The highest BCUT2D eigenvalue weighted by molar-refractivity contribution is 6.14. The van der Waals surface area contributed by atoms with E-state index in [2.05, 4.69) is 0 Å². The smallest absolute Gasteiger partial charge is 0.355 e. The predicted molar refractivity (Wildman–Crippen MR) is 76.1 cm³/mol. The first-order chi connectivity index (χ1) is 10.7. The van der Waals surface area contributed by atoms with E-state index in [1.54, 1.807) is 0 Å². The van der Waals surface area contributed by atoms with Gasteiger partial charge in [0, 0.05) is 7.05 Å². The number of esters is 1. The maximum Gasteiger partial charge on any atom is 0.355 e. The van der Waals surface area contributed by atoms with Crippen LogP contribution in [0.5, 0.6) is 0 Å². The Labute approximate surface area is 131 Å². The monoisotopic (exact) mass is 327 g/mol. The molecule has 0 spiro atoms. The van der Waals surface area contributed by atoms with Crippen LogP contribution in [0.3, 0.4) is 0 Å². The summed E-state index contributed by atoms with van der Waals surface area (Å²) in [5.41, 5.74) is -3.25. The van der Waals surface area contributed by atoms with E-state index in [0.717, 1.165) is 24.5 Å². The number of ether oxygens (including phenoxy) is 1. The Morgan fingerprint density at radius 3 is 1.87 bits per heavy atom. The first-order valence-corrected chi connectivity index (χ1v) is 6.83. The third-order valence-corrected chi connectivity index (χ3v) is 3.20. The van der Waals surface area contributed by atoms with E-state index in [0.29, 0.717) is 6.42 Å².